The number of hydrogen-bond donors (Lipinski definition) is 0. The predicted molar refractivity (Wildman–Crippen MR) is 117 cm³/mol. The Kier molecular flexibility index (Phi) is 5.35. The fourth-order valence-corrected chi connectivity index (χ4v) is 3.73. The molecule has 0 aromatic heterocycles. The normalized spacial score (nSPS) is 16.0. The Morgan fingerprint density at radius 3 is 2.29 bits per heavy atom. The van der Waals surface area contributed by atoms with Crippen LogP contribution in [0, 0.1) is 0 Å². The van der Waals surface area contributed by atoms with E-state index in [2.05, 4.69) is 63.4 Å². The van der Waals surface area contributed by atoms with Gasteiger partial charge in [-0.2, -0.15) is 5.10 Å². The lowest BCUT2D eigenvalue weighted by Gasteiger charge is -2.24. The van der Waals surface area contributed by atoms with Gasteiger partial charge in [-0.25, -0.2) is 0 Å². The summed E-state index contributed by atoms with van der Waals surface area (Å²) < 4.78 is 12.0. The molecule has 0 bridgehead atoms. The fourth-order valence-electron chi connectivity index (χ4n) is 3.47. The first-order valence-electron chi connectivity index (χ1n) is 9.09. The van der Waals surface area contributed by atoms with Crippen LogP contribution in [0.4, 0.5) is 5.69 Å². The van der Waals surface area contributed by atoms with Gasteiger partial charge >= 0.3 is 0 Å². The van der Waals surface area contributed by atoms with Crippen LogP contribution in [0.2, 0.25) is 0 Å². The van der Waals surface area contributed by atoms with Crippen molar-refractivity contribution < 1.29 is 9.47 Å². The summed E-state index contributed by atoms with van der Waals surface area (Å²) in [5.41, 5.74) is 4.40. The summed E-state index contributed by atoms with van der Waals surface area (Å²) in [6.45, 7) is 0. The molecular formula is C23H21BrN2O2. The molecule has 0 aliphatic carbocycles. The molecule has 1 unspecified atom stereocenters. The molecule has 1 atom stereocenters. The van der Waals surface area contributed by atoms with Crippen LogP contribution in [0.25, 0.3) is 0 Å². The maximum absolute atomic E-state index is 5.52. The van der Waals surface area contributed by atoms with Crippen molar-refractivity contribution in [3.8, 4) is 11.5 Å². The SMILES string of the molecule is COc1ccc(C2CC(c3ccc(Br)cc3)=NN2c2ccccc2)cc1OC. The highest BCUT2D eigenvalue weighted by atomic mass is 79.9. The second kappa shape index (κ2) is 8.07. The lowest BCUT2D eigenvalue weighted by atomic mass is 9.98. The highest BCUT2D eigenvalue weighted by Crippen LogP contribution is 2.39. The number of ether oxygens (including phenoxy) is 2. The van der Waals surface area contributed by atoms with Crippen LogP contribution in [-0.2, 0) is 0 Å². The molecule has 0 N–H and O–H groups in total. The van der Waals surface area contributed by atoms with Gasteiger partial charge in [0.2, 0.25) is 0 Å². The zero-order valence-electron chi connectivity index (χ0n) is 15.8. The number of hydrogen-bond acceptors (Lipinski definition) is 4. The Bertz CT molecular complexity index is 987. The van der Waals surface area contributed by atoms with Crippen LogP contribution in [0.1, 0.15) is 23.6 Å². The van der Waals surface area contributed by atoms with E-state index >= 15 is 0 Å². The molecule has 3 aromatic carbocycles. The molecule has 1 aliphatic rings. The third-order valence-corrected chi connectivity index (χ3v) is 5.43. The minimum atomic E-state index is 0.0841. The number of methoxy groups -OCH3 is 2. The number of anilines is 1. The molecule has 28 heavy (non-hydrogen) atoms. The van der Waals surface area contributed by atoms with Crippen LogP contribution in [0.5, 0.6) is 11.5 Å². The summed E-state index contributed by atoms with van der Waals surface area (Å²) in [6, 6.07) is 24.7. The summed E-state index contributed by atoms with van der Waals surface area (Å²) in [7, 11) is 3.31. The van der Waals surface area contributed by atoms with E-state index in [1.54, 1.807) is 14.2 Å². The molecule has 4 nitrogen and oxygen atoms in total. The third kappa shape index (κ3) is 3.62. The predicted octanol–water partition coefficient (Wildman–Crippen LogP) is 5.82. The van der Waals surface area contributed by atoms with Gasteiger partial charge in [0.05, 0.1) is 31.7 Å². The van der Waals surface area contributed by atoms with E-state index in [4.69, 9.17) is 14.6 Å². The van der Waals surface area contributed by atoms with E-state index < -0.39 is 0 Å². The van der Waals surface area contributed by atoms with Crippen LogP contribution >= 0.6 is 15.9 Å². The molecule has 5 heteroatoms. The van der Waals surface area contributed by atoms with Crippen molar-refractivity contribution in [3.05, 3.63) is 88.4 Å². The highest BCUT2D eigenvalue weighted by molar-refractivity contribution is 9.10. The molecule has 1 aliphatic heterocycles. The summed E-state index contributed by atoms with van der Waals surface area (Å²) in [5, 5.41) is 7.07. The molecule has 0 saturated heterocycles. The third-order valence-electron chi connectivity index (χ3n) is 4.90. The first-order valence-corrected chi connectivity index (χ1v) is 9.88. The molecule has 4 rings (SSSR count). The van der Waals surface area contributed by atoms with Crippen molar-refractivity contribution in [3.63, 3.8) is 0 Å². The van der Waals surface area contributed by atoms with Crippen LogP contribution in [-0.4, -0.2) is 19.9 Å². The van der Waals surface area contributed by atoms with Crippen LogP contribution in [0.3, 0.4) is 0 Å². The van der Waals surface area contributed by atoms with Gasteiger partial charge in [-0.15, -0.1) is 0 Å². The number of benzene rings is 3. The Labute approximate surface area is 173 Å². The lowest BCUT2D eigenvalue weighted by Crippen LogP contribution is -2.18. The quantitative estimate of drug-likeness (QED) is 0.504. The molecular weight excluding hydrogens is 416 g/mol. The lowest BCUT2D eigenvalue weighted by molar-refractivity contribution is 0.354. The van der Waals surface area contributed by atoms with Crippen molar-refractivity contribution in [2.45, 2.75) is 12.5 Å². The Balaban J connectivity index is 1.74. The van der Waals surface area contributed by atoms with E-state index in [-0.39, 0.29) is 6.04 Å². The van der Waals surface area contributed by atoms with Gasteiger partial charge < -0.3 is 9.47 Å². The number of hydrazone groups is 1. The molecule has 0 saturated carbocycles. The van der Waals surface area contributed by atoms with Crippen molar-refractivity contribution >= 4 is 27.3 Å². The smallest absolute Gasteiger partial charge is 0.161 e. The number of nitrogens with zero attached hydrogens (tertiary/aromatic N) is 2. The van der Waals surface area contributed by atoms with Crippen molar-refractivity contribution in [2.24, 2.45) is 5.10 Å². The number of rotatable bonds is 5. The topological polar surface area (TPSA) is 34.1 Å². The molecule has 0 amide bonds. The van der Waals surface area contributed by atoms with E-state index in [1.165, 1.54) is 0 Å². The molecule has 142 valence electrons. The summed E-state index contributed by atoms with van der Waals surface area (Å²) in [5.74, 6) is 1.45. The maximum Gasteiger partial charge on any atom is 0.161 e. The fraction of sp³-hybridized carbons (Fsp3) is 0.174. The van der Waals surface area contributed by atoms with E-state index in [1.807, 2.05) is 30.3 Å². The van der Waals surface area contributed by atoms with Crippen LogP contribution in [0.15, 0.2) is 82.4 Å². The minimum Gasteiger partial charge on any atom is -0.493 e. The zero-order chi connectivity index (χ0) is 19.5. The Morgan fingerprint density at radius 1 is 0.893 bits per heavy atom. The molecule has 1 heterocycles. The largest absolute Gasteiger partial charge is 0.493 e. The molecule has 0 fully saturated rings. The van der Waals surface area contributed by atoms with Gasteiger partial charge in [0, 0.05) is 10.9 Å². The van der Waals surface area contributed by atoms with E-state index in [0.717, 1.165) is 44.9 Å². The summed E-state index contributed by atoms with van der Waals surface area (Å²) in [4.78, 5) is 0. The molecule has 0 radical (unpaired) electrons. The summed E-state index contributed by atoms with van der Waals surface area (Å²) in [6.07, 6.45) is 0.812. The van der Waals surface area contributed by atoms with Gasteiger partial charge in [-0.1, -0.05) is 52.3 Å². The van der Waals surface area contributed by atoms with E-state index in [9.17, 15) is 0 Å². The van der Waals surface area contributed by atoms with Gasteiger partial charge in [0.1, 0.15) is 0 Å². The van der Waals surface area contributed by atoms with Crippen LogP contribution < -0.4 is 14.5 Å². The zero-order valence-corrected chi connectivity index (χ0v) is 17.4. The van der Waals surface area contributed by atoms with Gasteiger partial charge in [-0.3, -0.25) is 5.01 Å². The van der Waals surface area contributed by atoms with Gasteiger partial charge in [-0.05, 0) is 47.5 Å². The average molecular weight is 437 g/mol. The van der Waals surface area contributed by atoms with Crippen molar-refractivity contribution in [2.75, 3.05) is 19.2 Å². The Hall–Kier alpha value is -2.79. The summed E-state index contributed by atoms with van der Waals surface area (Å²) >= 11 is 3.50. The standard InChI is InChI=1S/C23H21BrN2O2/c1-27-22-13-10-17(14-23(22)28-2)21-15-20(16-8-11-18(24)12-9-16)25-26(21)19-6-4-3-5-7-19/h3-14,21H,15H2,1-2H3. The monoisotopic (exact) mass is 436 g/mol. The first-order chi connectivity index (χ1) is 13.7. The van der Waals surface area contributed by atoms with Crippen molar-refractivity contribution in [1.29, 1.82) is 0 Å². The Morgan fingerprint density at radius 2 is 1.61 bits per heavy atom. The number of halogens is 1. The number of para-hydroxylation sites is 1. The van der Waals surface area contributed by atoms with Gasteiger partial charge in [0.25, 0.3) is 0 Å². The first kappa shape index (κ1) is 18.6. The van der Waals surface area contributed by atoms with Gasteiger partial charge in [0.15, 0.2) is 11.5 Å². The minimum absolute atomic E-state index is 0.0841. The maximum atomic E-state index is 5.52. The molecule has 0 spiro atoms. The van der Waals surface area contributed by atoms with E-state index in [0.29, 0.717) is 0 Å². The second-order valence-corrected chi connectivity index (χ2v) is 7.48. The highest BCUT2D eigenvalue weighted by Gasteiger charge is 2.30. The van der Waals surface area contributed by atoms with Crippen molar-refractivity contribution in [1.82, 2.24) is 0 Å². The molecule has 3 aromatic rings. The average Bonchev–Trinajstić information content (AvgIpc) is 3.20. The second-order valence-electron chi connectivity index (χ2n) is 6.57.